The molecule has 19 heavy (non-hydrogen) atoms. The lowest BCUT2D eigenvalue weighted by molar-refractivity contribution is 0.0934. The maximum Gasteiger partial charge on any atom is 0.255 e. The van der Waals surface area contributed by atoms with Crippen molar-refractivity contribution in [2.24, 2.45) is 11.3 Å². The molecule has 0 spiro atoms. The summed E-state index contributed by atoms with van der Waals surface area (Å²) in [6.45, 7) is 9.30. The van der Waals surface area contributed by atoms with E-state index < -0.39 is 0 Å². The highest BCUT2D eigenvalue weighted by Crippen LogP contribution is 2.26. The second kappa shape index (κ2) is 6.42. The maximum atomic E-state index is 12.2. The minimum atomic E-state index is -0.0968. The molecule has 1 aromatic carbocycles. The Bertz CT molecular complexity index is 452. The third-order valence-electron chi connectivity index (χ3n) is 3.46. The fourth-order valence-corrected chi connectivity index (χ4v) is 1.84. The van der Waals surface area contributed by atoms with Crippen molar-refractivity contribution < 1.29 is 9.53 Å². The van der Waals surface area contributed by atoms with Crippen LogP contribution in [0, 0.1) is 11.3 Å². The Hall–Kier alpha value is -1.03. The molecule has 0 aliphatic rings. The summed E-state index contributed by atoms with van der Waals surface area (Å²) in [5.41, 5.74) is 0.740. The molecule has 4 heteroatoms. The predicted octanol–water partition coefficient (Wildman–Crippen LogP) is 3.87. The highest BCUT2D eigenvalue weighted by molar-refractivity contribution is 9.10. The van der Waals surface area contributed by atoms with Gasteiger partial charge in [-0.25, -0.2) is 0 Å². The smallest absolute Gasteiger partial charge is 0.255 e. The molecule has 0 radical (unpaired) electrons. The van der Waals surface area contributed by atoms with Gasteiger partial charge in [0.1, 0.15) is 5.75 Å². The summed E-state index contributed by atoms with van der Waals surface area (Å²) in [5, 5.41) is 2.97. The minimum absolute atomic E-state index is 0.0968. The van der Waals surface area contributed by atoms with E-state index in [1.807, 2.05) is 6.07 Å². The molecular weight excluding hydrogens is 306 g/mol. The van der Waals surface area contributed by atoms with Crippen molar-refractivity contribution in [3.8, 4) is 5.75 Å². The van der Waals surface area contributed by atoms with Gasteiger partial charge >= 0.3 is 0 Å². The van der Waals surface area contributed by atoms with Crippen molar-refractivity contribution in [1.29, 1.82) is 0 Å². The zero-order chi connectivity index (χ0) is 14.6. The molecule has 1 amide bonds. The van der Waals surface area contributed by atoms with E-state index in [1.165, 1.54) is 0 Å². The van der Waals surface area contributed by atoms with Gasteiger partial charge in [0, 0.05) is 11.0 Å². The van der Waals surface area contributed by atoms with Gasteiger partial charge < -0.3 is 10.1 Å². The van der Waals surface area contributed by atoms with E-state index >= 15 is 0 Å². The summed E-state index contributed by atoms with van der Waals surface area (Å²) in [5.74, 6) is 0.883. The van der Waals surface area contributed by atoms with Gasteiger partial charge in [-0.2, -0.15) is 0 Å². The molecule has 0 heterocycles. The molecule has 106 valence electrons. The Morgan fingerprint density at radius 3 is 2.58 bits per heavy atom. The van der Waals surface area contributed by atoms with E-state index in [0.717, 1.165) is 4.47 Å². The van der Waals surface area contributed by atoms with Gasteiger partial charge in [-0.05, 0) is 29.5 Å². The number of halogens is 1. The van der Waals surface area contributed by atoms with Crippen molar-refractivity contribution >= 4 is 21.8 Å². The Morgan fingerprint density at radius 2 is 2.05 bits per heavy atom. The topological polar surface area (TPSA) is 38.3 Å². The lowest BCUT2D eigenvalue weighted by Crippen LogP contribution is -2.33. The number of nitrogens with one attached hydrogen (secondary N) is 1. The van der Waals surface area contributed by atoms with E-state index in [4.69, 9.17) is 4.74 Å². The highest BCUT2D eigenvalue weighted by atomic mass is 79.9. The van der Waals surface area contributed by atoms with Crippen LogP contribution in [-0.2, 0) is 0 Å². The van der Waals surface area contributed by atoms with Crippen molar-refractivity contribution in [2.75, 3.05) is 13.7 Å². The number of ether oxygens (including phenoxy) is 1. The molecule has 0 bridgehead atoms. The molecule has 0 aliphatic carbocycles. The van der Waals surface area contributed by atoms with Crippen LogP contribution in [0.3, 0.4) is 0 Å². The number of carbonyl (C=O) groups is 1. The lowest BCUT2D eigenvalue weighted by atomic mass is 9.82. The second-order valence-electron chi connectivity index (χ2n) is 5.82. The average Bonchev–Trinajstić information content (AvgIpc) is 2.33. The SMILES string of the molecule is COc1cc(Br)ccc1C(=O)NCC(C)C(C)(C)C. The van der Waals surface area contributed by atoms with Gasteiger partial charge in [-0.15, -0.1) is 0 Å². The fourth-order valence-electron chi connectivity index (χ4n) is 1.50. The Balaban J connectivity index is 2.74. The van der Waals surface area contributed by atoms with Crippen LogP contribution < -0.4 is 10.1 Å². The van der Waals surface area contributed by atoms with Gasteiger partial charge in [0.2, 0.25) is 0 Å². The van der Waals surface area contributed by atoms with Crippen molar-refractivity contribution in [3.63, 3.8) is 0 Å². The maximum absolute atomic E-state index is 12.2. The highest BCUT2D eigenvalue weighted by Gasteiger charge is 2.21. The molecule has 1 atom stereocenters. The summed E-state index contributed by atoms with van der Waals surface area (Å²) < 4.78 is 6.12. The minimum Gasteiger partial charge on any atom is -0.496 e. The second-order valence-corrected chi connectivity index (χ2v) is 6.74. The molecule has 1 unspecified atom stereocenters. The number of hydrogen-bond donors (Lipinski definition) is 1. The third-order valence-corrected chi connectivity index (χ3v) is 3.95. The largest absolute Gasteiger partial charge is 0.496 e. The predicted molar refractivity (Wildman–Crippen MR) is 81.6 cm³/mol. The number of rotatable bonds is 4. The van der Waals surface area contributed by atoms with Gasteiger partial charge in [-0.3, -0.25) is 4.79 Å². The van der Waals surface area contributed by atoms with Crippen molar-refractivity contribution in [1.82, 2.24) is 5.32 Å². The molecule has 1 rings (SSSR count). The van der Waals surface area contributed by atoms with Crippen LogP contribution in [0.2, 0.25) is 0 Å². The van der Waals surface area contributed by atoms with Crippen LogP contribution in [0.1, 0.15) is 38.1 Å². The zero-order valence-corrected chi connectivity index (χ0v) is 13.8. The van der Waals surface area contributed by atoms with E-state index in [2.05, 4.69) is 48.9 Å². The summed E-state index contributed by atoms with van der Waals surface area (Å²) >= 11 is 3.36. The Morgan fingerprint density at radius 1 is 1.42 bits per heavy atom. The number of methoxy groups -OCH3 is 1. The Labute approximate surface area is 123 Å². The van der Waals surface area contributed by atoms with Crippen LogP contribution in [0.25, 0.3) is 0 Å². The summed E-state index contributed by atoms with van der Waals surface area (Å²) in [6, 6.07) is 5.40. The van der Waals surface area contributed by atoms with Crippen LogP contribution in [0.15, 0.2) is 22.7 Å². The molecule has 0 saturated carbocycles. The van der Waals surface area contributed by atoms with Gasteiger partial charge in [0.15, 0.2) is 0 Å². The van der Waals surface area contributed by atoms with E-state index in [0.29, 0.717) is 23.8 Å². The molecule has 0 saturated heterocycles. The molecule has 0 aromatic heterocycles. The van der Waals surface area contributed by atoms with Gasteiger partial charge in [0.05, 0.1) is 12.7 Å². The van der Waals surface area contributed by atoms with Crippen LogP contribution in [0.4, 0.5) is 0 Å². The first kappa shape index (κ1) is 16.0. The zero-order valence-electron chi connectivity index (χ0n) is 12.2. The first-order valence-electron chi connectivity index (χ1n) is 6.37. The standard InChI is InChI=1S/C15H22BrNO2/c1-10(15(2,3)4)9-17-14(18)12-7-6-11(16)8-13(12)19-5/h6-8,10H,9H2,1-5H3,(H,17,18). The Kier molecular flexibility index (Phi) is 5.41. The quantitative estimate of drug-likeness (QED) is 0.911. The van der Waals surface area contributed by atoms with E-state index in [9.17, 15) is 4.79 Å². The lowest BCUT2D eigenvalue weighted by Gasteiger charge is -2.27. The number of hydrogen-bond acceptors (Lipinski definition) is 2. The van der Waals surface area contributed by atoms with Crippen LogP contribution in [0.5, 0.6) is 5.75 Å². The number of benzene rings is 1. The van der Waals surface area contributed by atoms with Gasteiger partial charge in [-0.1, -0.05) is 43.6 Å². The first-order valence-corrected chi connectivity index (χ1v) is 7.16. The first-order chi connectivity index (χ1) is 8.75. The molecule has 1 N–H and O–H groups in total. The third kappa shape index (κ3) is 4.53. The molecule has 0 fully saturated rings. The van der Waals surface area contributed by atoms with Crippen molar-refractivity contribution in [2.45, 2.75) is 27.7 Å². The summed E-state index contributed by atoms with van der Waals surface area (Å²) in [4.78, 5) is 12.2. The summed E-state index contributed by atoms with van der Waals surface area (Å²) in [7, 11) is 1.57. The van der Waals surface area contributed by atoms with Crippen molar-refractivity contribution in [3.05, 3.63) is 28.2 Å². The monoisotopic (exact) mass is 327 g/mol. The molecular formula is C15H22BrNO2. The number of amides is 1. The molecule has 3 nitrogen and oxygen atoms in total. The van der Waals surface area contributed by atoms with Crippen LogP contribution >= 0.6 is 15.9 Å². The fraction of sp³-hybridized carbons (Fsp3) is 0.533. The van der Waals surface area contributed by atoms with Gasteiger partial charge in [0.25, 0.3) is 5.91 Å². The van der Waals surface area contributed by atoms with E-state index in [-0.39, 0.29) is 11.3 Å². The molecule has 0 aliphatic heterocycles. The van der Waals surface area contributed by atoms with Crippen LogP contribution in [-0.4, -0.2) is 19.6 Å². The van der Waals surface area contributed by atoms with E-state index in [1.54, 1.807) is 19.2 Å². The average molecular weight is 328 g/mol. The normalized spacial score (nSPS) is 12.9. The number of carbonyl (C=O) groups excluding carboxylic acids is 1. The summed E-state index contributed by atoms with van der Waals surface area (Å²) in [6.07, 6.45) is 0. The molecule has 1 aromatic rings.